The van der Waals surface area contributed by atoms with Crippen molar-refractivity contribution in [1.82, 2.24) is 0 Å². The molecule has 1 aliphatic heterocycles. The van der Waals surface area contributed by atoms with Crippen molar-refractivity contribution in [3.8, 4) is 11.5 Å². The number of nitrogens with zero attached hydrogens (tertiary/aromatic N) is 1. The molecule has 1 aliphatic rings. The zero-order chi connectivity index (χ0) is 20.3. The van der Waals surface area contributed by atoms with E-state index in [0.29, 0.717) is 6.61 Å². The smallest absolute Gasteiger partial charge is 0.168 e. The van der Waals surface area contributed by atoms with E-state index < -0.39 is 0 Å². The molecule has 0 aromatic heterocycles. The van der Waals surface area contributed by atoms with Crippen LogP contribution in [0.5, 0.6) is 11.5 Å². The van der Waals surface area contributed by atoms with Gasteiger partial charge in [-0.05, 0) is 67.9 Å². The number of unbranched alkanes of at least 4 members (excludes halogenated alkanes) is 2. The third-order valence-corrected chi connectivity index (χ3v) is 5.69. The third kappa shape index (κ3) is 7.66. The van der Waals surface area contributed by atoms with Crippen LogP contribution >= 0.6 is 24.0 Å². The van der Waals surface area contributed by atoms with E-state index in [1.165, 1.54) is 17.2 Å². The van der Waals surface area contributed by atoms with Crippen molar-refractivity contribution in [3.05, 3.63) is 48.5 Å². The fourth-order valence-electron chi connectivity index (χ4n) is 3.14. The summed E-state index contributed by atoms with van der Waals surface area (Å²) in [4.78, 5) is 2.44. The van der Waals surface area contributed by atoms with Gasteiger partial charge in [0.25, 0.3) is 0 Å². The van der Waals surface area contributed by atoms with E-state index in [2.05, 4.69) is 34.5 Å². The highest BCUT2D eigenvalue weighted by atomic mass is 32.2. The average molecular weight is 432 g/mol. The molecule has 0 saturated carbocycles. The summed E-state index contributed by atoms with van der Waals surface area (Å²) in [5, 5.41) is 3.16. The van der Waals surface area contributed by atoms with Gasteiger partial charge in [-0.25, -0.2) is 0 Å². The second kappa shape index (κ2) is 11.8. The fraction of sp³-hybridized carbons (Fsp3) is 0.409. The van der Waals surface area contributed by atoms with Crippen LogP contribution in [0.2, 0.25) is 0 Å². The van der Waals surface area contributed by atoms with Crippen molar-refractivity contribution in [2.24, 2.45) is 5.73 Å². The molecule has 1 heterocycles. The molecule has 1 saturated heterocycles. The highest BCUT2D eigenvalue weighted by Gasteiger charge is 2.10. The molecule has 0 radical (unpaired) electrons. The Labute approximate surface area is 182 Å². The molecule has 7 heteroatoms. The van der Waals surface area contributed by atoms with Crippen LogP contribution < -0.4 is 25.4 Å². The summed E-state index contributed by atoms with van der Waals surface area (Å²) < 4.78 is 11.7. The van der Waals surface area contributed by atoms with Gasteiger partial charge in [-0.15, -0.1) is 0 Å². The molecular formula is C22H29N3O2S2. The number of nitrogens with one attached hydrogen (secondary N) is 1. The van der Waals surface area contributed by atoms with Crippen molar-refractivity contribution in [2.45, 2.75) is 19.3 Å². The highest BCUT2D eigenvalue weighted by molar-refractivity contribution is 7.99. The maximum Gasteiger partial charge on any atom is 0.168 e. The quantitative estimate of drug-likeness (QED) is 0.423. The Morgan fingerprint density at radius 2 is 1.66 bits per heavy atom. The van der Waals surface area contributed by atoms with Gasteiger partial charge in [0.15, 0.2) is 5.11 Å². The molecule has 3 N–H and O–H groups in total. The maximum absolute atomic E-state index is 5.87. The summed E-state index contributed by atoms with van der Waals surface area (Å²) in [6, 6.07) is 16.1. The Morgan fingerprint density at radius 1 is 0.966 bits per heavy atom. The molecule has 0 unspecified atom stereocenters. The SMILES string of the molecule is NC(=S)Nc1cccc(OCCCCCOc2ccc(N3CCSCC3)cc2)c1. The summed E-state index contributed by atoms with van der Waals surface area (Å²) in [5.41, 5.74) is 7.63. The predicted molar refractivity (Wildman–Crippen MR) is 128 cm³/mol. The number of ether oxygens (including phenoxy) is 2. The van der Waals surface area contributed by atoms with E-state index in [-0.39, 0.29) is 5.11 Å². The topological polar surface area (TPSA) is 59.8 Å². The van der Waals surface area contributed by atoms with Gasteiger partial charge < -0.3 is 25.4 Å². The number of anilines is 2. The molecule has 3 rings (SSSR count). The first-order valence-electron chi connectivity index (χ1n) is 10.1. The lowest BCUT2D eigenvalue weighted by Gasteiger charge is -2.28. The van der Waals surface area contributed by atoms with Crippen molar-refractivity contribution < 1.29 is 9.47 Å². The van der Waals surface area contributed by atoms with Gasteiger partial charge in [0, 0.05) is 42.0 Å². The van der Waals surface area contributed by atoms with E-state index in [9.17, 15) is 0 Å². The number of nitrogens with two attached hydrogens (primary N) is 1. The van der Waals surface area contributed by atoms with Crippen LogP contribution in [0.4, 0.5) is 11.4 Å². The summed E-state index contributed by atoms with van der Waals surface area (Å²) in [6.45, 7) is 3.68. The molecule has 2 aromatic rings. The Morgan fingerprint density at radius 3 is 2.34 bits per heavy atom. The number of hydrogen-bond donors (Lipinski definition) is 2. The lowest BCUT2D eigenvalue weighted by atomic mass is 10.2. The molecule has 156 valence electrons. The standard InChI is InChI=1S/C22H29N3O2S2/c23-22(28)24-18-5-4-6-21(17-18)27-14-3-1-2-13-26-20-9-7-19(8-10-20)25-11-15-29-16-12-25/h4-10,17H,1-3,11-16H2,(H3,23,24,28). The second-order valence-corrected chi connectivity index (χ2v) is 8.53. The monoisotopic (exact) mass is 431 g/mol. The molecule has 0 aliphatic carbocycles. The van der Waals surface area contributed by atoms with Crippen molar-refractivity contribution in [1.29, 1.82) is 0 Å². The van der Waals surface area contributed by atoms with E-state index in [1.807, 2.05) is 36.0 Å². The van der Waals surface area contributed by atoms with Gasteiger partial charge in [0.05, 0.1) is 13.2 Å². The van der Waals surface area contributed by atoms with Gasteiger partial charge in [-0.2, -0.15) is 11.8 Å². The lowest BCUT2D eigenvalue weighted by molar-refractivity contribution is 0.279. The minimum absolute atomic E-state index is 0.252. The maximum atomic E-state index is 5.87. The normalized spacial score (nSPS) is 13.7. The Kier molecular flexibility index (Phi) is 8.77. The van der Waals surface area contributed by atoms with Gasteiger partial charge in [0.1, 0.15) is 11.5 Å². The van der Waals surface area contributed by atoms with Crippen LogP contribution in [0, 0.1) is 0 Å². The van der Waals surface area contributed by atoms with Crippen LogP contribution in [0.1, 0.15) is 19.3 Å². The largest absolute Gasteiger partial charge is 0.494 e. The molecule has 29 heavy (non-hydrogen) atoms. The van der Waals surface area contributed by atoms with E-state index in [1.54, 1.807) is 0 Å². The number of thiocarbonyl (C=S) groups is 1. The van der Waals surface area contributed by atoms with Crippen LogP contribution in [0.15, 0.2) is 48.5 Å². The molecule has 0 bridgehead atoms. The zero-order valence-corrected chi connectivity index (χ0v) is 18.3. The molecule has 5 nitrogen and oxygen atoms in total. The van der Waals surface area contributed by atoms with Crippen LogP contribution in [-0.4, -0.2) is 42.9 Å². The van der Waals surface area contributed by atoms with E-state index in [0.717, 1.165) is 56.1 Å². The fourth-order valence-corrected chi connectivity index (χ4v) is 4.16. The molecule has 0 spiro atoms. The molecular weight excluding hydrogens is 402 g/mol. The minimum atomic E-state index is 0.252. The number of rotatable bonds is 10. The summed E-state index contributed by atoms with van der Waals surface area (Å²) in [6.07, 6.45) is 3.06. The second-order valence-electron chi connectivity index (χ2n) is 6.87. The summed E-state index contributed by atoms with van der Waals surface area (Å²) in [5.74, 6) is 4.19. The Bertz CT molecular complexity index is 765. The molecule has 1 fully saturated rings. The first-order valence-corrected chi connectivity index (χ1v) is 11.6. The Hall–Kier alpha value is -2.12. The lowest BCUT2D eigenvalue weighted by Crippen LogP contribution is -2.32. The highest BCUT2D eigenvalue weighted by Crippen LogP contribution is 2.22. The predicted octanol–water partition coefficient (Wildman–Crippen LogP) is 4.52. The minimum Gasteiger partial charge on any atom is -0.494 e. The first kappa shape index (κ1) is 21.6. The van der Waals surface area contributed by atoms with E-state index in [4.69, 9.17) is 27.4 Å². The first-order chi connectivity index (χ1) is 14.2. The van der Waals surface area contributed by atoms with Crippen molar-refractivity contribution in [3.63, 3.8) is 0 Å². The van der Waals surface area contributed by atoms with Crippen LogP contribution in [-0.2, 0) is 0 Å². The number of benzene rings is 2. The Balaban J connectivity index is 1.28. The van der Waals surface area contributed by atoms with Crippen molar-refractivity contribution in [2.75, 3.05) is 48.0 Å². The molecule has 2 aromatic carbocycles. The third-order valence-electron chi connectivity index (χ3n) is 4.64. The van der Waals surface area contributed by atoms with Gasteiger partial charge >= 0.3 is 0 Å². The van der Waals surface area contributed by atoms with Crippen molar-refractivity contribution >= 4 is 40.5 Å². The summed E-state index contributed by atoms with van der Waals surface area (Å²) >= 11 is 6.88. The zero-order valence-electron chi connectivity index (χ0n) is 16.6. The van der Waals surface area contributed by atoms with E-state index >= 15 is 0 Å². The van der Waals surface area contributed by atoms with Gasteiger partial charge in [-0.1, -0.05) is 6.07 Å². The number of hydrogen-bond acceptors (Lipinski definition) is 5. The summed E-state index contributed by atoms with van der Waals surface area (Å²) in [7, 11) is 0. The molecule has 0 atom stereocenters. The van der Waals surface area contributed by atoms with Gasteiger partial charge in [-0.3, -0.25) is 0 Å². The van der Waals surface area contributed by atoms with Crippen LogP contribution in [0.25, 0.3) is 0 Å². The number of thioether (sulfide) groups is 1. The van der Waals surface area contributed by atoms with Gasteiger partial charge in [0.2, 0.25) is 0 Å². The van der Waals surface area contributed by atoms with Crippen LogP contribution in [0.3, 0.4) is 0 Å². The molecule has 0 amide bonds. The average Bonchev–Trinajstić information content (AvgIpc) is 2.74.